The van der Waals surface area contributed by atoms with Crippen LogP contribution in [0.15, 0.2) is 47.5 Å². The molecule has 4 rings (SSSR count). The van der Waals surface area contributed by atoms with Gasteiger partial charge in [0.2, 0.25) is 0 Å². The number of halogens is 1. The SMILES string of the molecule is CCCOc1cc([C@H]2C(=NC(=O)c3ccc(Cl)cc3)C(=O)Nc3c2c(C)nn3C)ccc1OC. The van der Waals surface area contributed by atoms with Gasteiger partial charge in [-0.3, -0.25) is 14.3 Å². The number of fused-ring (bicyclic) bond motifs is 1. The van der Waals surface area contributed by atoms with Gasteiger partial charge in [-0.25, -0.2) is 4.99 Å². The number of aromatic nitrogens is 2. The molecule has 0 spiro atoms. The summed E-state index contributed by atoms with van der Waals surface area (Å²) < 4.78 is 13.0. The molecular formula is C25H25ClN4O4. The minimum atomic E-state index is -0.622. The van der Waals surface area contributed by atoms with Gasteiger partial charge in [-0.1, -0.05) is 24.6 Å². The molecule has 8 nitrogen and oxygen atoms in total. The van der Waals surface area contributed by atoms with E-state index in [0.29, 0.717) is 34.5 Å². The maximum absolute atomic E-state index is 13.2. The summed E-state index contributed by atoms with van der Waals surface area (Å²) in [4.78, 5) is 30.4. The fourth-order valence-corrected chi connectivity index (χ4v) is 4.14. The second-order valence-corrected chi connectivity index (χ2v) is 8.36. The zero-order valence-electron chi connectivity index (χ0n) is 19.4. The van der Waals surface area contributed by atoms with Crippen LogP contribution in [0.5, 0.6) is 11.5 Å². The van der Waals surface area contributed by atoms with Crippen LogP contribution in [0.4, 0.5) is 5.82 Å². The lowest BCUT2D eigenvalue weighted by molar-refractivity contribution is -0.110. The number of methoxy groups -OCH3 is 1. The van der Waals surface area contributed by atoms with Gasteiger partial charge >= 0.3 is 0 Å². The van der Waals surface area contributed by atoms with Gasteiger partial charge in [-0.2, -0.15) is 5.10 Å². The quantitative estimate of drug-likeness (QED) is 0.558. The van der Waals surface area contributed by atoms with E-state index in [4.69, 9.17) is 21.1 Å². The molecule has 0 aliphatic carbocycles. The van der Waals surface area contributed by atoms with Gasteiger partial charge in [-0.15, -0.1) is 0 Å². The molecular weight excluding hydrogens is 456 g/mol. The standard InChI is InChI=1S/C25H25ClN4O4/c1-5-12-34-19-13-16(8-11-18(19)33-4)21-20-14(2)29-30(3)23(20)28-25(32)22(21)27-24(31)15-6-9-17(26)10-7-15/h6-11,13,21H,5,12H2,1-4H3,(H,28,32)/t21-/m1/s1. The number of rotatable bonds is 6. The van der Waals surface area contributed by atoms with Crippen LogP contribution in [0.3, 0.4) is 0 Å². The Bertz CT molecular complexity index is 1280. The Kier molecular flexibility index (Phi) is 6.70. The number of aryl methyl sites for hydroxylation is 2. The Morgan fingerprint density at radius 3 is 2.62 bits per heavy atom. The van der Waals surface area contributed by atoms with Crippen molar-refractivity contribution in [2.75, 3.05) is 19.0 Å². The fourth-order valence-electron chi connectivity index (χ4n) is 4.01. The largest absolute Gasteiger partial charge is 0.493 e. The lowest BCUT2D eigenvalue weighted by Gasteiger charge is -2.26. The number of ether oxygens (including phenoxy) is 2. The van der Waals surface area contributed by atoms with Gasteiger partial charge < -0.3 is 14.8 Å². The second-order valence-electron chi connectivity index (χ2n) is 7.93. The number of nitrogens with one attached hydrogen (secondary N) is 1. The van der Waals surface area contributed by atoms with Crippen LogP contribution < -0.4 is 14.8 Å². The molecule has 1 aliphatic rings. The van der Waals surface area contributed by atoms with Crippen LogP contribution in [0.25, 0.3) is 0 Å². The molecule has 0 saturated carbocycles. The summed E-state index contributed by atoms with van der Waals surface area (Å²) in [6.45, 7) is 4.39. The smallest absolute Gasteiger partial charge is 0.277 e. The van der Waals surface area contributed by atoms with Crippen LogP contribution in [0.1, 0.15) is 46.4 Å². The molecule has 176 valence electrons. The number of anilines is 1. The number of nitrogens with zero attached hydrogens (tertiary/aromatic N) is 3. The van der Waals surface area contributed by atoms with E-state index in [1.807, 2.05) is 26.0 Å². The predicted octanol–water partition coefficient (Wildman–Crippen LogP) is 4.54. The maximum Gasteiger partial charge on any atom is 0.277 e. The molecule has 2 aromatic carbocycles. The highest BCUT2D eigenvalue weighted by Gasteiger charge is 2.38. The van der Waals surface area contributed by atoms with Crippen LogP contribution in [0, 0.1) is 6.92 Å². The molecule has 0 bridgehead atoms. The number of aliphatic imine (C=N–C) groups is 1. The van der Waals surface area contributed by atoms with E-state index in [1.165, 1.54) is 0 Å². The van der Waals surface area contributed by atoms with E-state index < -0.39 is 17.7 Å². The highest BCUT2D eigenvalue weighted by atomic mass is 35.5. The van der Waals surface area contributed by atoms with Crippen LogP contribution in [-0.2, 0) is 11.8 Å². The summed E-state index contributed by atoms with van der Waals surface area (Å²) in [6.07, 6.45) is 0.827. The summed E-state index contributed by atoms with van der Waals surface area (Å²) in [5.41, 5.74) is 2.65. The molecule has 1 aliphatic heterocycles. The number of hydrogen-bond acceptors (Lipinski definition) is 5. The average Bonchev–Trinajstić information content (AvgIpc) is 3.10. The van der Waals surface area contributed by atoms with E-state index in [0.717, 1.165) is 23.2 Å². The molecule has 0 unspecified atom stereocenters. The second kappa shape index (κ2) is 9.69. The summed E-state index contributed by atoms with van der Waals surface area (Å²) in [7, 11) is 3.33. The van der Waals surface area contributed by atoms with Gasteiger partial charge in [0.25, 0.3) is 11.8 Å². The molecule has 0 saturated heterocycles. The third-order valence-electron chi connectivity index (χ3n) is 5.59. The third kappa shape index (κ3) is 4.41. The van der Waals surface area contributed by atoms with Gasteiger partial charge in [0.05, 0.1) is 25.3 Å². The lowest BCUT2D eigenvalue weighted by Crippen LogP contribution is -2.36. The molecule has 34 heavy (non-hydrogen) atoms. The summed E-state index contributed by atoms with van der Waals surface area (Å²) in [5.74, 6) is 0.0823. The van der Waals surface area contributed by atoms with E-state index in [9.17, 15) is 9.59 Å². The van der Waals surface area contributed by atoms with Gasteiger partial charge in [0.1, 0.15) is 11.5 Å². The van der Waals surface area contributed by atoms with Crippen molar-refractivity contribution in [1.29, 1.82) is 0 Å². The Labute approximate surface area is 202 Å². The molecule has 2 amide bonds. The van der Waals surface area contributed by atoms with Crippen molar-refractivity contribution in [3.05, 3.63) is 69.9 Å². The molecule has 3 aromatic rings. The van der Waals surface area contributed by atoms with Crippen molar-refractivity contribution in [3.8, 4) is 11.5 Å². The molecule has 2 heterocycles. The van der Waals surface area contributed by atoms with E-state index in [-0.39, 0.29) is 5.71 Å². The first kappa shape index (κ1) is 23.5. The number of carbonyl (C=O) groups excluding carboxylic acids is 2. The van der Waals surface area contributed by atoms with Crippen molar-refractivity contribution in [3.63, 3.8) is 0 Å². The Balaban J connectivity index is 1.87. The summed E-state index contributed by atoms with van der Waals surface area (Å²) in [5, 5.41) is 7.82. The minimum Gasteiger partial charge on any atom is -0.493 e. The van der Waals surface area contributed by atoms with Gasteiger partial charge in [0, 0.05) is 23.2 Å². The van der Waals surface area contributed by atoms with Gasteiger partial charge in [-0.05, 0) is 55.3 Å². The molecule has 0 fully saturated rings. The topological polar surface area (TPSA) is 94.8 Å². The number of hydrogen-bond donors (Lipinski definition) is 1. The van der Waals surface area contributed by atoms with E-state index in [2.05, 4.69) is 15.4 Å². The van der Waals surface area contributed by atoms with Gasteiger partial charge in [0.15, 0.2) is 11.5 Å². The molecule has 9 heteroatoms. The number of benzene rings is 2. The van der Waals surface area contributed by atoms with Crippen LogP contribution in [0.2, 0.25) is 5.02 Å². The zero-order chi connectivity index (χ0) is 24.4. The first-order valence-corrected chi connectivity index (χ1v) is 11.3. The zero-order valence-corrected chi connectivity index (χ0v) is 20.1. The molecule has 1 atom stereocenters. The Morgan fingerprint density at radius 1 is 1.21 bits per heavy atom. The predicted molar refractivity (Wildman–Crippen MR) is 130 cm³/mol. The normalized spacial score (nSPS) is 16.2. The monoisotopic (exact) mass is 480 g/mol. The number of carbonyl (C=O) groups is 2. The summed E-state index contributed by atoms with van der Waals surface area (Å²) >= 11 is 5.94. The van der Waals surface area contributed by atoms with Crippen molar-refractivity contribution >= 4 is 34.9 Å². The van der Waals surface area contributed by atoms with E-state index in [1.54, 1.807) is 49.2 Å². The average molecular weight is 481 g/mol. The highest BCUT2D eigenvalue weighted by Crippen LogP contribution is 2.40. The molecule has 0 radical (unpaired) electrons. The van der Waals surface area contributed by atoms with E-state index >= 15 is 0 Å². The highest BCUT2D eigenvalue weighted by molar-refractivity contribution is 6.48. The van der Waals surface area contributed by atoms with Crippen molar-refractivity contribution in [1.82, 2.24) is 9.78 Å². The first-order chi connectivity index (χ1) is 16.3. The summed E-state index contributed by atoms with van der Waals surface area (Å²) in [6, 6.07) is 11.8. The Morgan fingerprint density at radius 2 is 1.94 bits per heavy atom. The van der Waals surface area contributed by atoms with Crippen molar-refractivity contribution in [2.45, 2.75) is 26.2 Å². The maximum atomic E-state index is 13.2. The lowest BCUT2D eigenvalue weighted by atomic mass is 9.84. The first-order valence-electron chi connectivity index (χ1n) is 10.9. The van der Waals surface area contributed by atoms with Crippen LogP contribution >= 0.6 is 11.6 Å². The fraction of sp³-hybridized carbons (Fsp3) is 0.280. The number of amides is 2. The molecule has 1 N–H and O–H groups in total. The van der Waals surface area contributed by atoms with Crippen LogP contribution in [-0.4, -0.2) is 41.0 Å². The third-order valence-corrected chi connectivity index (χ3v) is 5.84. The Hall–Kier alpha value is -3.65. The molecule has 1 aromatic heterocycles. The van der Waals surface area contributed by atoms with Crippen molar-refractivity contribution in [2.24, 2.45) is 12.0 Å². The minimum absolute atomic E-state index is 0.0789. The van der Waals surface area contributed by atoms with Crippen molar-refractivity contribution < 1.29 is 19.1 Å².